The summed E-state index contributed by atoms with van der Waals surface area (Å²) in [6, 6.07) is 2.89. The maximum atomic E-state index is 10.9. The fourth-order valence-corrected chi connectivity index (χ4v) is 1.24. The van der Waals surface area contributed by atoms with Crippen LogP contribution >= 0.6 is 11.6 Å². The third-order valence-corrected chi connectivity index (χ3v) is 2.08. The summed E-state index contributed by atoms with van der Waals surface area (Å²) in [6.07, 6.45) is 1.94. The number of pyridine rings is 1. The molecule has 1 heterocycles. The third kappa shape index (κ3) is 3.55. The smallest absolute Gasteiger partial charge is 0.339 e. The molecule has 0 bridgehead atoms. The summed E-state index contributed by atoms with van der Waals surface area (Å²) >= 11 is 5.70. The Morgan fingerprint density at radius 1 is 1.56 bits per heavy atom. The number of allylic oxidation sites excluding steroid dienone is 1. The zero-order chi connectivity index (χ0) is 12.1. The van der Waals surface area contributed by atoms with Crippen molar-refractivity contribution in [1.82, 2.24) is 4.98 Å². The topological polar surface area (TPSA) is 62.2 Å². The van der Waals surface area contributed by atoms with Gasteiger partial charge in [0, 0.05) is 6.54 Å². The standard InChI is InChI=1S/C11H13ClN2O2/c1-7(2)5-6-13-10-8(11(15)16)3-4-9(12)14-10/h3-5H,6H2,1-2H3,(H,13,14)(H,15,16). The molecule has 1 aromatic heterocycles. The van der Waals surface area contributed by atoms with Gasteiger partial charge in [-0.05, 0) is 26.0 Å². The lowest BCUT2D eigenvalue weighted by Gasteiger charge is -2.06. The van der Waals surface area contributed by atoms with Gasteiger partial charge in [-0.3, -0.25) is 0 Å². The quantitative estimate of drug-likeness (QED) is 0.628. The molecule has 1 aromatic rings. The number of hydrogen-bond acceptors (Lipinski definition) is 3. The number of halogens is 1. The van der Waals surface area contributed by atoms with Crippen LogP contribution in [-0.2, 0) is 0 Å². The van der Waals surface area contributed by atoms with E-state index in [2.05, 4.69) is 10.3 Å². The van der Waals surface area contributed by atoms with Crippen molar-refractivity contribution in [3.8, 4) is 0 Å². The van der Waals surface area contributed by atoms with Gasteiger partial charge in [0.2, 0.25) is 0 Å². The molecule has 2 N–H and O–H groups in total. The monoisotopic (exact) mass is 240 g/mol. The molecule has 0 amide bonds. The van der Waals surface area contributed by atoms with Crippen LogP contribution < -0.4 is 5.32 Å². The molecule has 0 aliphatic heterocycles. The first-order chi connectivity index (χ1) is 7.50. The van der Waals surface area contributed by atoms with Crippen LogP contribution in [0.15, 0.2) is 23.8 Å². The van der Waals surface area contributed by atoms with Gasteiger partial charge in [-0.2, -0.15) is 0 Å². The van der Waals surface area contributed by atoms with Crippen molar-refractivity contribution in [2.75, 3.05) is 11.9 Å². The van der Waals surface area contributed by atoms with Crippen molar-refractivity contribution in [1.29, 1.82) is 0 Å². The van der Waals surface area contributed by atoms with Gasteiger partial charge in [0.05, 0.1) is 0 Å². The Bertz CT molecular complexity index is 426. The van der Waals surface area contributed by atoms with Crippen molar-refractivity contribution in [2.24, 2.45) is 0 Å². The summed E-state index contributed by atoms with van der Waals surface area (Å²) in [7, 11) is 0. The molecule has 0 aliphatic rings. The number of carboxylic acid groups (broad SMARTS) is 1. The predicted octanol–water partition coefficient (Wildman–Crippen LogP) is 2.81. The number of nitrogens with zero attached hydrogens (tertiary/aromatic N) is 1. The first kappa shape index (κ1) is 12.5. The predicted molar refractivity (Wildman–Crippen MR) is 64.1 cm³/mol. The van der Waals surface area contributed by atoms with Crippen molar-refractivity contribution in [2.45, 2.75) is 13.8 Å². The maximum absolute atomic E-state index is 10.9. The first-order valence-corrected chi connectivity index (χ1v) is 5.15. The lowest BCUT2D eigenvalue weighted by Crippen LogP contribution is -2.08. The molecule has 16 heavy (non-hydrogen) atoms. The Morgan fingerprint density at radius 3 is 2.81 bits per heavy atom. The molecule has 0 aliphatic carbocycles. The number of carbonyl (C=O) groups is 1. The molecular weight excluding hydrogens is 228 g/mol. The largest absolute Gasteiger partial charge is 0.478 e. The number of rotatable bonds is 4. The second-order valence-corrected chi connectivity index (χ2v) is 3.88. The summed E-state index contributed by atoms with van der Waals surface area (Å²) in [5, 5.41) is 12.1. The van der Waals surface area contributed by atoms with Crippen LogP contribution in [0.25, 0.3) is 0 Å². The molecule has 0 radical (unpaired) electrons. The van der Waals surface area contributed by atoms with Crippen molar-refractivity contribution >= 4 is 23.4 Å². The van der Waals surface area contributed by atoms with Gasteiger partial charge in [-0.25, -0.2) is 9.78 Å². The average Bonchev–Trinajstić information content (AvgIpc) is 2.16. The van der Waals surface area contributed by atoms with E-state index >= 15 is 0 Å². The van der Waals surface area contributed by atoms with E-state index in [9.17, 15) is 4.79 Å². The van der Waals surface area contributed by atoms with Crippen molar-refractivity contribution < 1.29 is 9.90 Å². The first-order valence-electron chi connectivity index (χ1n) is 4.78. The van der Waals surface area contributed by atoms with Gasteiger partial charge < -0.3 is 10.4 Å². The minimum atomic E-state index is -1.02. The number of aromatic nitrogens is 1. The summed E-state index contributed by atoms with van der Waals surface area (Å²) in [5.41, 5.74) is 1.26. The van der Waals surface area contributed by atoms with E-state index in [0.717, 1.165) is 5.57 Å². The van der Waals surface area contributed by atoms with Crippen molar-refractivity contribution in [3.05, 3.63) is 34.5 Å². The second-order valence-electron chi connectivity index (χ2n) is 3.50. The number of nitrogens with one attached hydrogen (secondary N) is 1. The second kappa shape index (κ2) is 5.51. The highest BCUT2D eigenvalue weighted by molar-refractivity contribution is 6.29. The Labute approximate surface area is 99.0 Å². The fourth-order valence-electron chi connectivity index (χ4n) is 1.09. The van der Waals surface area contributed by atoms with Crippen LogP contribution in [0.4, 0.5) is 5.82 Å². The molecule has 0 fully saturated rings. The molecule has 0 atom stereocenters. The summed E-state index contributed by atoms with van der Waals surface area (Å²) in [5.74, 6) is -0.735. The Kier molecular flexibility index (Phi) is 4.31. The maximum Gasteiger partial charge on any atom is 0.339 e. The molecule has 5 heteroatoms. The zero-order valence-corrected chi connectivity index (χ0v) is 9.88. The molecule has 0 saturated carbocycles. The van der Waals surface area contributed by atoms with Crippen LogP contribution in [0.2, 0.25) is 5.15 Å². The molecular formula is C11H13ClN2O2. The molecule has 0 aromatic carbocycles. The number of aromatic carboxylic acids is 1. The number of carboxylic acids is 1. The highest BCUT2D eigenvalue weighted by Crippen LogP contribution is 2.16. The summed E-state index contributed by atoms with van der Waals surface area (Å²) in [6.45, 7) is 4.45. The minimum Gasteiger partial charge on any atom is -0.478 e. The number of hydrogen-bond donors (Lipinski definition) is 2. The zero-order valence-electron chi connectivity index (χ0n) is 9.12. The van der Waals surface area contributed by atoms with E-state index in [0.29, 0.717) is 6.54 Å². The lowest BCUT2D eigenvalue weighted by atomic mass is 10.2. The molecule has 4 nitrogen and oxygen atoms in total. The van der Waals surface area contributed by atoms with E-state index in [1.807, 2.05) is 19.9 Å². The van der Waals surface area contributed by atoms with Crippen LogP contribution in [-0.4, -0.2) is 22.6 Å². The van der Waals surface area contributed by atoms with Crippen LogP contribution in [0.5, 0.6) is 0 Å². The molecule has 0 saturated heterocycles. The van der Waals surface area contributed by atoms with E-state index in [-0.39, 0.29) is 16.5 Å². The summed E-state index contributed by atoms with van der Waals surface area (Å²) in [4.78, 5) is 14.8. The Morgan fingerprint density at radius 2 is 2.25 bits per heavy atom. The average molecular weight is 241 g/mol. The van der Waals surface area contributed by atoms with Crippen LogP contribution in [0.3, 0.4) is 0 Å². The highest BCUT2D eigenvalue weighted by atomic mass is 35.5. The lowest BCUT2D eigenvalue weighted by molar-refractivity contribution is 0.0697. The van der Waals surface area contributed by atoms with E-state index < -0.39 is 5.97 Å². The van der Waals surface area contributed by atoms with Gasteiger partial charge in [0.15, 0.2) is 0 Å². The van der Waals surface area contributed by atoms with Gasteiger partial charge >= 0.3 is 5.97 Å². The van der Waals surface area contributed by atoms with E-state index in [1.54, 1.807) is 0 Å². The van der Waals surface area contributed by atoms with Crippen molar-refractivity contribution in [3.63, 3.8) is 0 Å². The summed E-state index contributed by atoms with van der Waals surface area (Å²) < 4.78 is 0. The fraction of sp³-hybridized carbons (Fsp3) is 0.273. The van der Waals surface area contributed by atoms with Gasteiger partial charge in [-0.1, -0.05) is 23.3 Å². The van der Waals surface area contributed by atoms with Gasteiger partial charge in [0.25, 0.3) is 0 Å². The normalized spacial score (nSPS) is 9.69. The Balaban J connectivity index is 2.88. The number of anilines is 1. The molecule has 0 spiro atoms. The SMILES string of the molecule is CC(C)=CCNc1nc(Cl)ccc1C(=O)O. The third-order valence-electron chi connectivity index (χ3n) is 1.87. The van der Waals surface area contributed by atoms with Gasteiger partial charge in [-0.15, -0.1) is 0 Å². The van der Waals surface area contributed by atoms with E-state index in [1.165, 1.54) is 12.1 Å². The highest BCUT2D eigenvalue weighted by Gasteiger charge is 2.10. The molecule has 0 unspecified atom stereocenters. The van der Waals surface area contributed by atoms with Crippen LogP contribution in [0.1, 0.15) is 24.2 Å². The van der Waals surface area contributed by atoms with Crippen LogP contribution in [0, 0.1) is 0 Å². The Hall–Kier alpha value is -1.55. The molecule has 86 valence electrons. The van der Waals surface area contributed by atoms with E-state index in [4.69, 9.17) is 16.7 Å². The minimum absolute atomic E-state index is 0.117. The molecule has 1 rings (SSSR count). The van der Waals surface area contributed by atoms with Gasteiger partial charge in [0.1, 0.15) is 16.5 Å².